The maximum atomic E-state index is 13.1. The number of carbonyl (C=O) groups is 2. The molecule has 1 saturated heterocycles. The number of aryl methyl sites for hydroxylation is 2. The Morgan fingerprint density at radius 3 is 2.26 bits per heavy atom. The van der Waals surface area contributed by atoms with Gasteiger partial charge in [0.15, 0.2) is 0 Å². The van der Waals surface area contributed by atoms with Crippen LogP contribution in [0.5, 0.6) is 0 Å². The predicted octanol–water partition coefficient (Wildman–Crippen LogP) is 2.90. The van der Waals surface area contributed by atoms with Crippen LogP contribution >= 0.6 is 0 Å². The van der Waals surface area contributed by atoms with Gasteiger partial charge in [0, 0.05) is 12.8 Å². The number of nitrogens with zero attached hydrogens (tertiary/aromatic N) is 1. The standard InChI is InChI=1S/C19H18N2O2/c1-12-7-8-16(13(2)9-12)21-17(22)19(20-18(21)23)10-14-5-3-4-6-15(14)11-19/h3-9H,10-11H2,1-2H3,(H,20,23). The Hall–Kier alpha value is -2.62. The minimum atomic E-state index is -0.821. The number of urea groups is 1. The molecule has 2 aliphatic rings. The van der Waals surface area contributed by atoms with Crippen molar-refractivity contribution in [3.8, 4) is 0 Å². The summed E-state index contributed by atoms with van der Waals surface area (Å²) in [5.74, 6) is -0.148. The summed E-state index contributed by atoms with van der Waals surface area (Å²) in [6.07, 6.45) is 1.13. The van der Waals surface area contributed by atoms with Crippen LogP contribution in [-0.4, -0.2) is 17.5 Å². The molecule has 1 aliphatic carbocycles. The second-order valence-electron chi connectivity index (χ2n) is 6.57. The van der Waals surface area contributed by atoms with Gasteiger partial charge in [-0.2, -0.15) is 0 Å². The lowest BCUT2D eigenvalue weighted by Crippen LogP contribution is -2.48. The highest BCUT2D eigenvalue weighted by Crippen LogP contribution is 2.37. The van der Waals surface area contributed by atoms with Crippen LogP contribution in [0.4, 0.5) is 10.5 Å². The van der Waals surface area contributed by atoms with Gasteiger partial charge in [0.2, 0.25) is 0 Å². The minimum Gasteiger partial charge on any atom is -0.322 e. The summed E-state index contributed by atoms with van der Waals surface area (Å²) in [7, 11) is 0. The van der Waals surface area contributed by atoms with Crippen molar-refractivity contribution in [3.05, 3.63) is 64.7 Å². The monoisotopic (exact) mass is 306 g/mol. The van der Waals surface area contributed by atoms with E-state index in [2.05, 4.69) is 5.32 Å². The van der Waals surface area contributed by atoms with E-state index in [4.69, 9.17) is 0 Å². The molecule has 23 heavy (non-hydrogen) atoms. The molecule has 116 valence electrons. The molecule has 1 aliphatic heterocycles. The van der Waals surface area contributed by atoms with Gasteiger partial charge in [0.25, 0.3) is 5.91 Å². The summed E-state index contributed by atoms with van der Waals surface area (Å²) in [5, 5.41) is 2.95. The summed E-state index contributed by atoms with van der Waals surface area (Å²) in [6.45, 7) is 3.93. The predicted molar refractivity (Wildman–Crippen MR) is 88.5 cm³/mol. The van der Waals surface area contributed by atoms with Crippen molar-refractivity contribution >= 4 is 17.6 Å². The smallest absolute Gasteiger partial charge is 0.322 e. The van der Waals surface area contributed by atoms with E-state index in [0.717, 1.165) is 22.3 Å². The zero-order valence-corrected chi connectivity index (χ0v) is 13.2. The average molecular weight is 306 g/mol. The number of amides is 3. The number of hydrogen-bond acceptors (Lipinski definition) is 2. The number of anilines is 1. The molecule has 4 heteroatoms. The number of fused-ring (bicyclic) bond motifs is 1. The lowest BCUT2D eigenvalue weighted by Gasteiger charge is -2.21. The molecule has 0 unspecified atom stereocenters. The first-order valence-corrected chi connectivity index (χ1v) is 7.81. The van der Waals surface area contributed by atoms with E-state index in [9.17, 15) is 9.59 Å². The normalized spacial score (nSPS) is 18.4. The zero-order chi connectivity index (χ0) is 16.2. The van der Waals surface area contributed by atoms with Crippen LogP contribution < -0.4 is 10.2 Å². The summed E-state index contributed by atoms with van der Waals surface area (Å²) in [6, 6.07) is 13.5. The van der Waals surface area contributed by atoms with Gasteiger partial charge in [0.05, 0.1) is 5.69 Å². The number of rotatable bonds is 1. The van der Waals surface area contributed by atoms with Crippen LogP contribution in [0.1, 0.15) is 22.3 Å². The molecule has 0 atom stereocenters. The van der Waals surface area contributed by atoms with Gasteiger partial charge in [-0.25, -0.2) is 9.69 Å². The van der Waals surface area contributed by atoms with Gasteiger partial charge in [-0.1, -0.05) is 42.0 Å². The Balaban J connectivity index is 1.73. The zero-order valence-electron chi connectivity index (χ0n) is 13.2. The third-order valence-corrected chi connectivity index (χ3v) is 4.86. The van der Waals surface area contributed by atoms with Gasteiger partial charge in [-0.05, 0) is 36.6 Å². The first-order chi connectivity index (χ1) is 11.0. The molecular formula is C19H18N2O2. The van der Waals surface area contributed by atoms with E-state index in [0.29, 0.717) is 18.5 Å². The molecule has 0 saturated carbocycles. The van der Waals surface area contributed by atoms with Crippen LogP contribution in [-0.2, 0) is 17.6 Å². The fourth-order valence-corrected chi connectivity index (χ4v) is 3.75. The molecule has 0 aromatic heterocycles. The lowest BCUT2D eigenvalue weighted by molar-refractivity contribution is -0.121. The number of nitrogens with one attached hydrogen (secondary N) is 1. The molecule has 1 spiro atoms. The van der Waals surface area contributed by atoms with Crippen LogP contribution in [0.3, 0.4) is 0 Å². The fourth-order valence-electron chi connectivity index (χ4n) is 3.75. The van der Waals surface area contributed by atoms with Crippen molar-refractivity contribution in [2.24, 2.45) is 0 Å². The molecule has 4 rings (SSSR count). The van der Waals surface area contributed by atoms with E-state index in [1.165, 1.54) is 4.90 Å². The Kier molecular flexibility index (Phi) is 2.85. The molecule has 1 heterocycles. The Morgan fingerprint density at radius 1 is 1.00 bits per heavy atom. The van der Waals surface area contributed by atoms with Crippen LogP contribution in [0.15, 0.2) is 42.5 Å². The lowest BCUT2D eigenvalue weighted by atomic mass is 9.95. The van der Waals surface area contributed by atoms with Crippen molar-refractivity contribution in [2.75, 3.05) is 4.90 Å². The summed E-state index contributed by atoms with van der Waals surface area (Å²) < 4.78 is 0. The second kappa shape index (κ2) is 4.69. The van der Waals surface area contributed by atoms with Crippen LogP contribution in [0, 0.1) is 13.8 Å². The van der Waals surface area contributed by atoms with Crippen molar-refractivity contribution < 1.29 is 9.59 Å². The Morgan fingerprint density at radius 2 is 1.65 bits per heavy atom. The SMILES string of the molecule is Cc1ccc(N2C(=O)NC3(Cc4ccccc4C3)C2=O)c(C)c1. The Labute approximate surface area is 135 Å². The van der Waals surface area contributed by atoms with Crippen molar-refractivity contribution in [1.29, 1.82) is 0 Å². The first-order valence-electron chi connectivity index (χ1n) is 7.81. The molecule has 3 amide bonds. The maximum Gasteiger partial charge on any atom is 0.329 e. The average Bonchev–Trinajstić information content (AvgIpc) is 2.98. The second-order valence-corrected chi connectivity index (χ2v) is 6.57. The van der Waals surface area contributed by atoms with Gasteiger partial charge in [-0.15, -0.1) is 0 Å². The van der Waals surface area contributed by atoms with Crippen LogP contribution in [0.25, 0.3) is 0 Å². The van der Waals surface area contributed by atoms with Gasteiger partial charge < -0.3 is 5.32 Å². The van der Waals surface area contributed by atoms with Crippen molar-refractivity contribution in [3.63, 3.8) is 0 Å². The van der Waals surface area contributed by atoms with Gasteiger partial charge >= 0.3 is 6.03 Å². The minimum absolute atomic E-state index is 0.148. The maximum absolute atomic E-state index is 13.1. The molecular weight excluding hydrogens is 288 g/mol. The molecule has 4 nitrogen and oxygen atoms in total. The van der Waals surface area contributed by atoms with Gasteiger partial charge in [-0.3, -0.25) is 4.79 Å². The van der Waals surface area contributed by atoms with E-state index in [1.54, 1.807) is 0 Å². The number of benzene rings is 2. The van der Waals surface area contributed by atoms with E-state index in [1.807, 2.05) is 56.3 Å². The van der Waals surface area contributed by atoms with E-state index >= 15 is 0 Å². The third-order valence-electron chi connectivity index (χ3n) is 4.86. The topological polar surface area (TPSA) is 49.4 Å². The summed E-state index contributed by atoms with van der Waals surface area (Å²) in [5.41, 5.74) is 4.18. The fraction of sp³-hybridized carbons (Fsp3) is 0.263. The molecule has 2 aromatic carbocycles. The highest BCUT2D eigenvalue weighted by atomic mass is 16.2. The summed E-state index contributed by atoms with van der Waals surface area (Å²) in [4.78, 5) is 26.9. The summed E-state index contributed by atoms with van der Waals surface area (Å²) >= 11 is 0. The molecule has 0 radical (unpaired) electrons. The third kappa shape index (κ3) is 1.98. The van der Waals surface area contributed by atoms with Crippen molar-refractivity contribution in [2.45, 2.75) is 32.2 Å². The van der Waals surface area contributed by atoms with Crippen molar-refractivity contribution in [1.82, 2.24) is 5.32 Å². The first kappa shape index (κ1) is 14.0. The number of hydrogen-bond donors (Lipinski definition) is 1. The number of carbonyl (C=O) groups excluding carboxylic acids is 2. The van der Waals surface area contributed by atoms with Crippen LogP contribution in [0.2, 0.25) is 0 Å². The molecule has 1 fully saturated rings. The Bertz CT molecular complexity index is 816. The highest BCUT2D eigenvalue weighted by Gasteiger charge is 2.54. The number of imide groups is 1. The molecule has 2 aromatic rings. The molecule has 0 bridgehead atoms. The van der Waals surface area contributed by atoms with E-state index in [-0.39, 0.29) is 11.9 Å². The van der Waals surface area contributed by atoms with E-state index < -0.39 is 5.54 Å². The largest absolute Gasteiger partial charge is 0.329 e. The van der Waals surface area contributed by atoms with Gasteiger partial charge in [0.1, 0.15) is 5.54 Å². The quantitative estimate of drug-likeness (QED) is 0.824. The highest BCUT2D eigenvalue weighted by molar-refractivity contribution is 6.24. The molecule has 1 N–H and O–H groups in total.